The third kappa shape index (κ3) is 4.46. The van der Waals surface area contributed by atoms with Gasteiger partial charge in [0.2, 0.25) is 0 Å². The summed E-state index contributed by atoms with van der Waals surface area (Å²) in [6.07, 6.45) is 0. The lowest BCUT2D eigenvalue weighted by Gasteiger charge is -2.11. The van der Waals surface area contributed by atoms with Crippen molar-refractivity contribution in [3.8, 4) is 5.75 Å². The number of benzene rings is 2. The zero-order chi connectivity index (χ0) is 19.4. The van der Waals surface area contributed by atoms with Gasteiger partial charge in [-0.1, -0.05) is 47.5 Å². The third-order valence-corrected chi connectivity index (χ3v) is 5.42. The van der Waals surface area contributed by atoms with Crippen LogP contribution in [-0.4, -0.2) is 16.9 Å². The molecule has 3 aromatic rings. The number of rotatable bonds is 7. The Kier molecular flexibility index (Phi) is 6.42. The van der Waals surface area contributed by atoms with Gasteiger partial charge in [0.25, 0.3) is 0 Å². The van der Waals surface area contributed by atoms with Crippen LogP contribution in [-0.2, 0) is 19.6 Å². The number of para-hydroxylation sites is 1. The van der Waals surface area contributed by atoms with Crippen molar-refractivity contribution in [3.63, 3.8) is 0 Å². The first kappa shape index (κ1) is 19.7. The second kappa shape index (κ2) is 8.79. The molecule has 0 aliphatic rings. The van der Waals surface area contributed by atoms with E-state index in [0.29, 0.717) is 16.6 Å². The Hall–Kier alpha value is -2.01. The molecular formula is C21H23Cl2N3O. The minimum Gasteiger partial charge on any atom is -0.496 e. The molecule has 4 nitrogen and oxygen atoms in total. The molecule has 0 saturated carbocycles. The SMILES string of the molecule is COc1ccccc1CNCc1c(C)nn(Cc2c(Cl)cccc2Cl)c1C. The molecule has 6 heteroatoms. The summed E-state index contributed by atoms with van der Waals surface area (Å²) in [6, 6.07) is 13.6. The van der Waals surface area contributed by atoms with Crippen LogP contribution >= 0.6 is 23.2 Å². The summed E-state index contributed by atoms with van der Waals surface area (Å²) in [4.78, 5) is 0. The average Bonchev–Trinajstić information content (AvgIpc) is 2.92. The normalized spacial score (nSPS) is 11.0. The van der Waals surface area contributed by atoms with Crippen molar-refractivity contribution in [2.45, 2.75) is 33.5 Å². The van der Waals surface area contributed by atoms with Gasteiger partial charge in [-0.05, 0) is 32.0 Å². The minimum absolute atomic E-state index is 0.553. The van der Waals surface area contributed by atoms with Crippen molar-refractivity contribution in [3.05, 3.63) is 80.6 Å². The van der Waals surface area contributed by atoms with Crippen molar-refractivity contribution in [1.82, 2.24) is 15.1 Å². The van der Waals surface area contributed by atoms with Crippen molar-refractivity contribution >= 4 is 23.2 Å². The van der Waals surface area contributed by atoms with Gasteiger partial charge in [0.05, 0.1) is 19.3 Å². The fraction of sp³-hybridized carbons (Fsp3) is 0.286. The number of hydrogen-bond acceptors (Lipinski definition) is 3. The molecule has 0 radical (unpaired) electrons. The van der Waals surface area contributed by atoms with Crippen LogP contribution in [0.15, 0.2) is 42.5 Å². The largest absolute Gasteiger partial charge is 0.496 e. The van der Waals surface area contributed by atoms with Crippen molar-refractivity contribution < 1.29 is 4.74 Å². The molecule has 3 rings (SSSR count). The van der Waals surface area contributed by atoms with Gasteiger partial charge in [0.1, 0.15) is 5.75 Å². The molecule has 1 aromatic heterocycles. The maximum atomic E-state index is 6.31. The van der Waals surface area contributed by atoms with E-state index in [9.17, 15) is 0 Å². The van der Waals surface area contributed by atoms with Gasteiger partial charge in [-0.15, -0.1) is 0 Å². The summed E-state index contributed by atoms with van der Waals surface area (Å²) in [6.45, 7) is 6.11. The number of halogens is 2. The van der Waals surface area contributed by atoms with Crippen LogP contribution in [0.2, 0.25) is 10.0 Å². The lowest BCUT2D eigenvalue weighted by Crippen LogP contribution is -2.14. The second-order valence-electron chi connectivity index (χ2n) is 6.42. The molecule has 0 aliphatic carbocycles. The summed E-state index contributed by atoms with van der Waals surface area (Å²) in [7, 11) is 1.69. The number of hydrogen-bond donors (Lipinski definition) is 1. The second-order valence-corrected chi connectivity index (χ2v) is 7.24. The van der Waals surface area contributed by atoms with Gasteiger partial charge < -0.3 is 10.1 Å². The lowest BCUT2D eigenvalue weighted by atomic mass is 10.1. The monoisotopic (exact) mass is 403 g/mol. The zero-order valence-electron chi connectivity index (χ0n) is 15.7. The molecule has 0 spiro atoms. The number of methoxy groups -OCH3 is 1. The molecule has 0 amide bonds. The first-order valence-electron chi connectivity index (χ1n) is 8.79. The first-order chi connectivity index (χ1) is 13.0. The molecule has 0 saturated heterocycles. The number of ether oxygens (including phenoxy) is 1. The summed E-state index contributed by atoms with van der Waals surface area (Å²) in [5.41, 5.74) is 5.32. The van der Waals surface area contributed by atoms with Crippen molar-refractivity contribution in [1.29, 1.82) is 0 Å². The predicted octanol–water partition coefficient (Wildman–Crippen LogP) is 5.15. The summed E-state index contributed by atoms with van der Waals surface area (Å²) in [5, 5.41) is 9.49. The minimum atomic E-state index is 0.553. The van der Waals surface area contributed by atoms with Gasteiger partial charge >= 0.3 is 0 Å². The lowest BCUT2D eigenvalue weighted by molar-refractivity contribution is 0.407. The quantitative estimate of drug-likeness (QED) is 0.592. The van der Waals surface area contributed by atoms with Gasteiger partial charge in [-0.25, -0.2) is 0 Å². The van der Waals surface area contributed by atoms with Gasteiger partial charge in [0.15, 0.2) is 0 Å². The van der Waals surface area contributed by atoms with E-state index in [0.717, 1.165) is 41.4 Å². The van der Waals surface area contributed by atoms with Crippen LogP contribution in [0.5, 0.6) is 5.75 Å². The molecule has 0 fully saturated rings. The molecule has 2 aromatic carbocycles. The van der Waals surface area contributed by atoms with Crippen molar-refractivity contribution in [2.75, 3.05) is 7.11 Å². The molecular weight excluding hydrogens is 381 g/mol. The molecule has 142 valence electrons. The van der Waals surface area contributed by atoms with Gasteiger partial charge in [-0.2, -0.15) is 5.10 Å². The van der Waals surface area contributed by atoms with Crippen LogP contribution in [0, 0.1) is 13.8 Å². The highest BCUT2D eigenvalue weighted by Crippen LogP contribution is 2.26. The summed E-state index contributed by atoms with van der Waals surface area (Å²) in [5.74, 6) is 0.891. The van der Waals surface area contributed by atoms with Gasteiger partial charge in [-0.3, -0.25) is 4.68 Å². The highest BCUT2D eigenvalue weighted by atomic mass is 35.5. The number of nitrogens with one attached hydrogen (secondary N) is 1. The zero-order valence-corrected chi connectivity index (χ0v) is 17.2. The molecule has 1 heterocycles. The van der Waals surface area contributed by atoms with E-state index >= 15 is 0 Å². The maximum Gasteiger partial charge on any atom is 0.123 e. The number of aromatic nitrogens is 2. The molecule has 0 atom stereocenters. The average molecular weight is 404 g/mol. The van der Waals surface area contributed by atoms with E-state index in [2.05, 4.69) is 23.4 Å². The summed E-state index contributed by atoms with van der Waals surface area (Å²) >= 11 is 12.6. The fourth-order valence-corrected chi connectivity index (χ4v) is 3.67. The Balaban J connectivity index is 1.72. The van der Waals surface area contributed by atoms with Crippen LogP contribution in [0.25, 0.3) is 0 Å². The Morgan fingerprint density at radius 1 is 0.963 bits per heavy atom. The highest BCUT2D eigenvalue weighted by molar-refractivity contribution is 6.35. The number of nitrogens with zero attached hydrogens (tertiary/aromatic N) is 2. The van der Waals surface area contributed by atoms with Crippen LogP contribution in [0.1, 0.15) is 28.1 Å². The fourth-order valence-electron chi connectivity index (χ4n) is 3.15. The first-order valence-corrected chi connectivity index (χ1v) is 9.55. The molecule has 0 aliphatic heterocycles. The Morgan fingerprint density at radius 3 is 2.37 bits per heavy atom. The Labute approximate surface area is 170 Å². The molecule has 0 unspecified atom stereocenters. The van der Waals surface area contributed by atoms with Crippen LogP contribution in [0.3, 0.4) is 0 Å². The van der Waals surface area contributed by atoms with Crippen LogP contribution in [0.4, 0.5) is 0 Å². The van der Waals surface area contributed by atoms with E-state index in [1.54, 1.807) is 7.11 Å². The molecule has 27 heavy (non-hydrogen) atoms. The topological polar surface area (TPSA) is 39.1 Å². The highest BCUT2D eigenvalue weighted by Gasteiger charge is 2.14. The van der Waals surface area contributed by atoms with E-state index < -0.39 is 0 Å². The van der Waals surface area contributed by atoms with Crippen molar-refractivity contribution in [2.24, 2.45) is 0 Å². The third-order valence-electron chi connectivity index (χ3n) is 4.71. The summed E-state index contributed by atoms with van der Waals surface area (Å²) < 4.78 is 7.37. The van der Waals surface area contributed by atoms with E-state index in [1.807, 2.05) is 48.0 Å². The van der Waals surface area contributed by atoms with E-state index in [-0.39, 0.29) is 0 Å². The maximum absolute atomic E-state index is 6.31. The molecule has 1 N–H and O–H groups in total. The van der Waals surface area contributed by atoms with E-state index in [4.69, 9.17) is 27.9 Å². The Morgan fingerprint density at radius 2 is 1.67 bits per heavy atom. The van der Waals surface area contributed by atoms with E-state index in [1.165, 1.54) is 5.56 Å². The molecule has 0 bridgehead atoms. The Bertz CT molecular complexity index is 917. The standard InChI is InChI=1S/C21H23Cl2N3O/c1-14-17(12-24-11-16-7-4-5-10-21(16)27-3)15(2)26(25-14)13-18-19(22)8-6-9-20(18)23/h4-10,24H,11-13H2,1-3H3. The number of aryl methyl sites for hydroxylation is 1. The smallest absolute Gasteiger partial charge is 0.123 e. The van der Waals surface area contributed by atoms with Gasteiger partial charge in [0, 0.05) is 45.5 Å². The van der Waals surface area contributed by atoms with Crippen LogP contribution < -0.4 is 10.1 Å². The predicted molar refractivity (Wildman–Crippen MR) is 111 cm³/mol.